The third kappa shape index (κ3) is 10.8. The minimum absolute atomic E-state index is 0.00852. The lowest BCUT2D eigenvalue weighted by molar-refractivity contribution is -0.149. The van der Waals surface area contributed by atoms with Gasteiger partial charge >= 0.3 is 5.97 Å². The SMILES string of the molecule is CC[C@H](C)[C@H](NC(=O)[C@H]1CCCCN1C)C(=O)N(C)[C@H](C[C@@H](OC(C)=O)c1nc(C(=O)N[C@H](CN)Cc2ccccc2)cs1)C(C)C. The first-order valence-corrected chi connectivity index (χ1v) is 17.7. The number of carbonyl (C=O) groups is 4. The van der Waals surface area contributed by atoms with Crippen LogP contribution in [-0.2, 0) is 25.5 Å². The van der Waals surface area contributed by atoms with Gasteiger partial charge in [0.2, 0.25) is 11.8 Å². The molecule has 1 aliphatic rings. The predicted molar refractivity (Wildman–Crippen MR) is 185 cm³/mol. The van der Waals surface area contributed by atoms with Gasteiger partial charge < -0.3 is 26.0 Å². The summed E-state index contributed by atoms with van der Waals surface area (Å²) in [7, 11) is 3.70. The predicted octanol–water partition coefficient (Wildman–Crippen LogP) is 3.94. The van der Waals surface area contributed by atoms with Crippen molar-refractivity contribution in [1.29, 1.82) is 0 Å². The number of nitrogens with two attached hydrogens (primary N) is 1. The van der Waals surface area contributed by atoms with Crippen LogP contribution in [0.3, 0.4) is 0 Å². The molecule has 0 radical (unpaired) electrons. The van der Waals surface area contributed by atoms with E-state index in [1.54, 1.807) is 17.3 Å². The number of carbonyl (C=O) groups excluding carboxylic acids is 4. The van der Waals surface area contributed by atoms with E-state index in [0.29, 0.717) is 17.8 Å². The highest BCUT2D eigenvalue weighted by Crippen LogP contribution is 2.31. The minimum Gasteiger partial charge on any atom is -0.455 e. The van der Waals surface area contributed by atoms with Gasteiger partial charge in [-0.25, -0.2) is 4.98 Å². The molecule has 1 aliphatic heterocycles. The van der Waals surface area contributed by atoms with Crippen LogP contribution in [0.1, 0.15) is 93.9 Å². The number of likely N-dealkylation sites (N-methyl/N-ethyl adjacent to an activating group) is 2. The minimum atomic E-state index is -0.774. The van der Waals surface area contributed by atoms with E-state index >= 15 is 0 Å². The number of nitrogens with one attached hydrogen (secondary N) is 2. The highest BCUT2D eigenvalue weighted by atomic mass is 32.1. The molecule has 2 aromatic rings. The normalized spacial score (nSPS) is 18.4. The molecule has 0 spiro atoms. The maximum absolute atomic E-state index is 14.1. The van der Waals surface area contributed by atoms with Crippen molar-refractivity contribution in [3.05, 3.63) is 52.0 Å². The molecule has 47 heavy (non-hydrogen) atoms. The molecular formula is C35H54N6O5S. The van der Waals surface area contributed by atoms with Gasteiger partial charge in [-0.15, -0.1) is 11.3 Å². The van der Waals surface area contributed by atoms with E-state index in [0.717, 1.165) is 31.4 Å². The number of likely N-dealkylation sites (tertiary alicyclic amines) is 1. The number of thiazole rings is 1. The third-order valence-electron chi connectivity index (χ3n) is 9.20. The Labute approximate surface area is 284 Å². The Balaban J connectivity index is 1.77. The highest BCUT2D eigenvalue weighted by Gasteiger charge is 2.37. The molecule has 1 aromatic carbocycles. The smallest absolute Gasteiger partial charge is 0.303 e. The molecule has 3 rings (SSSR count). The molecule has 0 bridgehead atoms. The van der Waals surface area contributed by atoms with E-state index in [1.165, 1.54) is 18.3 Å². The quantitative estimate of drug-likeness (QED) is 0.228. The summed E-state index contributed by atoms with van der Waals surface area (Å²) in [5, 5.41) is 8.17. The molecule has 0 saturated carbocycles. The van der Waals surface area contributed by atoms with Crippen molar-refractivity contribution in [2.45, 2.75) is 103 Å². The van der Waals surface area contributed by atoms with Crippen LogP contribution in [0, 0.1) is 11.8 Å². The summed E-state index contributed by atoms with van der Waals surface area (Å²) in [6.45, 7) is 10.5. The number of ether oxygens (including phenoxy) is 1. The van der Waals surface area contributed by atoms with E-state index in [1.807, 2.05) is 65.1 Å². The number of aromatic nitrogens is 1. The Kier molecular flexibility index (Phi) is 14.8. The average Bonchev–Trinajstić information content (AvgIpc) is 3.55. The Morgan fingerprint density at radius 3 is 2.43 bits per heavy atom. The fraction of sp³-hybridized carbons (Fsp3) is 0.629. The first-order chi connectivity index (χ1) is 22.4. The molecule has 6 atom stereocenters. The topological polar surface area (TPSA) is 147 Å². The van der Waals surface area contributed by atoms with Gasteiger partial charge in [-0.2, -0.15) is 0 Å². The van der Waals surface area contributed by atoms with Gasteiger partial charge in [0, 0.05) is 44.4 Å². The summed E-state index contributed by atoms with van der Waals surface area (Å²) >= 11 is 1.23. The van der Waals surface area contributed by atoms with Gasteiger partial charge in [0.1, 0.15) is 16.7 Å². The van der Waals surface area contributed by atoms with Crippen LogP contribution in [0.4, 0.5) is 0 Å². The lowest BCUT2D eigenvalue weighted by Crippen LogP contribution is -2.58. The zero-order valence-corrected chi connectivity index (χ0v) is 29.8. The summed E-state index contributed by atoms with van der Waals surface area (Å²) in [6.07, 6.45) is 3.62. The fourth-order valence-electron chi connectivity index (χ4n) is 6.11. The van der Waals surface area contributed by atoms with Gasteiger partial charge in [0.05, 0.1) is 6.04 Å². The number of piperidine rings is 1. The number of amides is 3. The molecule has 0 unspecified atom stereocenters. The number of hydrogen-bond donors (Lipinski definition) is 3. The van der Waals surface area contributed by atoms with Crippen molar-refractivity contribution in [3.8, 4) is 0 Å². The van der Waals surface area contributed by atoms with Crippen molar-refractivity contribution >= 4 is 35.0 Å². The lowest BCUT2D eigenvalue weighted by Gasteiger charge is -2.38. The second-order valence-corrected chi connectivity index (χ2v) is 14.0. The second kappa shape index (κ2) is 18.3. The molecule has 12 heteroatoms. The highest BCUT2D eigenvalue weighted by molar-refractivity contribution is 7.09. The standard InChI is InChI=1S/C35H54N6O5S/c1-8-23(4)31(39-33(44)28-16-12-13-17-40(28)6)35(45)41(7)29(22(2)3)19-30(46-24(5)42)34-38-27(21-47-34)32(43)37-26(20-36)18-25-14-10-9-11-15-25/h9-11,14-15,21-23,26,28-31H,8,12-13,16-20,36H2,1-7H3,(H,37,43)(H,39,44)/t23-,26-,28+,29+,30+,31-/m0/s1. The molecule has 1 saturated heterocycles. The number of nitrogens with zero attached hydrogens (tertiary/aromatic N) is 3. The maximum Gasteiger partial charge on any atom is 0.303 e. The van der Waals surface area contributed by atoms with E-state index in [9.17, 15) is 19.2 Å². The van der Waals surface area contributed by atoms with Gasteiger partial charge in [0.15, 0.2) is 6.10 Å². The summed E-state index contributed by atoms with van der Waals surface area (Å²) in [6, 6.07) is 8.23. The number of rotatable bonds is 16. The van der Waals surface area contributed by atoms with Crippen molar-refractivity contribution in [2.24, 2.45) is 17.6 Å². The van der Waals surface area contributed by atoms with Crippen LogP contribution < -0.4 is 16.4 Å². The third-order valence-corrected chi connectivity index (χ3v) is 10.1. The molecule has 11 nitrogen and oxygen atoms in total. The molecule has 1 fully saturated rings. The van der Waals surface area contributed by atoms with Crippen LogP contribution in [0.5, 0.6) is 0 Å². The van der Waals surface area contributed by atoms with Crippen LogP contribution in [-0.4, -0.2) is 89.8 Å². The lowest BCUT2D eigenvalue weighted by atomic mass is 9.92. The first-order valence-electron chi connectivity index (χ1n) is 16.8. The molecule has 1 aromatic heterocycles. The first kappa shape index (κ1) is 38.1. The van der Waals surface area contributed by atoms with Crippen molar-refractivity contribution in [3.63, 3.8) is 0 Å². The number of esters is 1. The summed E-state index contributed by atoms with van der Waals surface area (Å²) in [5.74, 6) is -1.24. The average molecular weight is 671 g/mol. The molecule has 260 valence electrons. The Hall–Kier alpha value is -3.35. The Morgan fingerprint density at radius 2 is 1.83 bits per heavy atom. The Bertz CT molecular complexity index is 1320. The summed E-state index contributed by atoms with van der Waals surface area (Å²) in [4.78, 5) is 61.2. The molecule has 3 amide bonds. The monoisotopic (exact) mass is 670 g/mol. The maximum atomic E-state index is 14.1. The fourth-order valence-corrected chi connectivity index (χ4v) is 6.95. The van der Waals surface area contributed by atoms with E-state index in [4.69, 9.17) is 10.5 Å². The number of benzene rings is 1. The molecule has 0 aliphatic carbocycles. The number of hydrogen-bond acceptors (Lipinski definition) is 9. The summed E-state index contributed by atoms with van der Waals surface area (Å²) < 4.78 is 5.75. The van der Waals surface area contributed by atoms with Crippen LogP contribution in [0.15, 0.2) is 35.7 Å². The van der Waals surface area contributed by atoms with E-state index in [2.05, 4.69) is 20.5 Å². The van der Waals surface area contributed by atoms with Crippen molar-refractivity contribution < 1.29 is 23.9 Å². The second-order valence-electron chi connectivity index (χ2n) is 13.1. The van der Waals surface area contributed by atoms with Gasteiger partial charge in [-0.1, -0.05) is 70.9 Å². The van der Waals surface area contributed by atoms with Crippen molar-refractivity contribution in [2.75, 3.05) is 27.2 Å². The van der Waals surface area contributed by atoms with E-state index < -0.39 is 18.1 Å². The van der Waals surface area contributed by atoms with Crippen molar-refractivity contribution in [1.82, 2.24) is 25.4 Å². The van der Waals surface area contributed by atoms with E-state index in [-0.39, 0.29) is 66.3 Å². The van der Waals surface area contributed by atoms with Gasteiger partial charge in [-0.3, -0.25) is 24.1 Å². The zero-order valence-electron chi connectivity index (χ0n) is 29.0. The van der Waals surface area contributed by atoms with Crippen LogP contribution >= 0.6 is 11.3 Å². The molecular weight excluding hydrogens is 616 g/mol. The van der Waals surface area contributed by atoms with Crippen LogP contribution in [0.2, 0.25) is 0 Å². The summed E-state index contributed by atoms with van der Waals surface area (Å²) in [5.41, 5.74) is 7.24. The van der Waals surface area contributed by atoms with Gasteiger partial charge in [-0.05, 0) is 50.3 Å². The van der Waals surface area contributed by atoms with Gasteiger partial charge in [0.25, 0.3) is 5.91 Å². The largest absolute Gasteiger partial charge is 0.455 e. The Morgan fingerprint density at radius 1 is 1.13 bits per heavy atom. The molecule has 2 heterocycles. The van der Waals surface area contributed by atoms with Crippen LogP contribution in [0.25, 0.3) is 0 Å². The molecule has 4 N–H and O–H groups in total. The zero-order chi connectivity index (χ0) is 34.7.